The molecule has 1 saturated heterocycles. The van der Waals surface area contributed by atoms with Crippen molar-refractivity contribution in [1.29, 1.82) is 0 Å². The summed E-state index contributed by atoms with van der Waals surface area (Å²) in [5.41, 5.74) is 4.58. The Kier molecular flexibility index (Phi) is 3.85. The van der Waals surface area contributed by atoms with Crippen LogP contribution in [0.15, 0.2) is 22.9 Å². The van der Waals surface area contributed by atoms with E-state index in [0.29, 0.717) is 0 Å². The normalized spacial score (nSPS) is 27.7. The van der Waals surface area contributed by atoms with Crippen LogP contribution in [-0.2, 0) is 4.74 Å². The van der Waals surface area contributed by atoms with E-state index < -0.39 is 30.7 Å². The van der Waals surface area contributed by atoms with Crippen LogP contribution in [0.5, 0.6) is 0 Å². The molecule has 4 N–H and O–H groups in total. The molecule has 1 aliphatic rings. The van der Waals surface area contributed by atoms with Gasteiger partial charge in [-0.3, -0.25) is 4.57 Å². The Morgan fingerprint density at radius 3 is 2.95 bits per heavy atom. The summed E-state index contributed by atoms with van der Waals surface area (Å²) in [5, 5.41) is 18.8. The highest BCUT2D eigenvalue weighted by Crippen LogP contribution is 2.33. The first-order chi connectivity index (χ1) is 9.53. The van der Waals surface area contributed by atoms with E-state index in [9.17, 15) is 14.3 Å². The zero-order chi connectivity index (χ0) is 14.9. The quantitative estimate of drug-likeness (QED) is 0.594. The maximum Gasteiger partial charge on any atom is 0.351 e. The van der Waals surface area contributed by atoms with Crippen molar-refractivity contribution in [3.8, 4) is 12.3 Å². The van der Waals surface area contributed by atoms with E-state index in [1.54, 1.807) is 0 Å². The Hall–Kier alpha value is -2.21. The van der Waals surface area contributed by atoms with Gasteiger partial charge in [-0.2, -0.15) is 4.98 Å². The van der Waals surface area contributed by atoms with Crippen molar-refractivity contribution < 1.29 is 19.3 Å². The summed E-state index contributed by atoms with van der Waals surface area (Å²) in [6.45, 7) is -0.534. The van der Waals surface area contributed by atoms with Gasteiger partial charge in [0.05, 0.1) is 18.5 Å². The van der Waals surface area contributed by atoms with Gasteiger partial charge < -0.3 is 20.7 Å². The summed E-state index contributed by atoms with van der Waals surface area (Å²) in [6.07, 6.45) is 2.88. The lowest BCUT2D eigenvalue weighted by Gasteiger charge is -2.15. The summed E-state index contributed by atoms with van der Waals surface area (Å²) < 4.78 is 19.1. The predicted octanol–water partition coefficient (Wildman–Crippen LogP) is -1.09. The van der Waals surface area contributed by atoms with Gasteiger partial charge in [0.1, 0.15) is 18.0 Å². The standard InChI is InChI=1S/C12H12FN3O4/c1-2-6-4-16(12(19)15-10(6)14)11-7(3-13)9(18)8(5-17)20-11/h1,3-4,8-9,11,17-18H,5H2,(H2,14,15,19). The highest BCUT2D eigenvalue weighted by molar-refractivity contribution is 5.47. The molecule has 1 aromatic rings. The molecular formula is C12H12FN3O4. The third-order valence-electron chi connectivity index (χ3n) is 2.98. The number of aromatic nitrogens is 2. The maximum atomic E-state index is 12.9. The number of ether oxygens (including phenoxy) is 1. The average molecular weight is 281 g/mol. The first-order valence-electron chi connectivity index (χ1n) is 5.63. The average Bonchev–Trinajstić information content (AvgIpc) is 2.75. The third-order valence-corrected chi connectivity index (χ3v) is 2.98. The molecule has 0 saturated carbocycles. The van der Waals surface area contributed by atoms with Crippen molar-refractivity contribution in [3.63, 3.8) is 0 Å². The molecule has 1 fully saturated rings. The molecule has 0 bridgehead atoms. The van der Waals surface area contributed by atoms with Gasteiger partial charge in [0.25, 0.3) is 0 Å². The van der Waals surface area contributed by atoms with Crippen LogP contribution in [0.4, 0.5) is 10.2 Å². The first-order valence-corrected chi connectivity index (χ1v) is 5.63. The molecule has 7 nitrogen and oxygen atoms in total. The third kappa shape index (κ3) is 2.18. The van der Waals surface area contributed by atoms with Gasteiger partial charge in [0.2, 0.25) is 0 Å². The Bertz CT molecular complexity index is 649. The van der Waals surface area contributed by atoms with E-state index >= 15 is 0 Å². The number of anilines is 1. The van der Waals surface area contributed by atoms with Crippen molar-refractivity contribution in [2.45, 2.75) is 18.4 Å². The molecule has 0 aliphatic carbocycles. The molecule has 0 amide bonds. The minimum atomic E-state index is -1.37. The number of aliphatic hydroxyl groups excluding tert-OH is 2. The van der Waals surface area contributed by atoms with Crippen LogP contribution < -0.4 is 11.4 Å². The summed E-state index contributed by atoms with van der Waals surface area (Å²) in [4.78, 5) is 15.3. The monoisotopic (exact) mass is 281 g/mol. The molecule has 106 valence electrons. The molecule has 3 unspecified atom stereocenters. The minimum Gasteiger partial charge on any atom is -0.394 e. The number of nitrogens with two attached hydrogens (primary N) is 1. The Morgan fingerprint density at radius 1 is 1.70 bits per heavy atom. The molecule has 0 radical (unpaired) electrons. The van der Waals surface area contributed by atoms with Gasteiger partial charge in [-0.15, -0.1) is 6.42 Å². The summed E-state index contributed by atoms with van der Waals surface area (Å²) in [5.74, 6) is 2.10. The molecular weight excluding hydrogens is 269 g/mol. The van der Waals surface area contributed by atoms with Crippen LogP contribution in [-0.4, -0.2) is 38.6 Å². The van der Waals surface area contributed by atoms with Gasteiger partial charge in [0, 0.05) is 11.8 Å². The second-order valence-electron chi connectivity index (χ2n) is 4.14. The molecule has 0 spiro atoms. The van der Waals surface area contributed by atoms with Gasteiger partial charge in [-0.25, -0.2) is 9.18 Å². The van der Waals surface area contributed by atoms with E-state index in [1.807, 2.05) is 0 Å². The lowest BCUT2D eigenvalue weighted by molar-refractivity contribution is -0.0447. The fraction of sp³-hybridized carbons (Fsp3) is 0.333. The van der Waals surface area contributed by atoms with Gasteiger partial charge in [0.15, 0.2) is 6.23 Å². The Morgan fingerprint density at radius 2 is 2.40 bits per heavy atom. The second kappa shape index (κ2) is 5.42. The number of hydrogen-bond acceptors (Lipinski definition) is 6. The summed E-state index contributed by atoms with van der Waals surface area (Å²) in [7, 11) is 0. The van der Waals surface area contributed by atoms with Gasteiger partial charge >= 0.3 is 5.69 Å². The van der Waals surface area contributed by atoms with Crippen LogP contribution in [0.3, 0.4) is 0 Å². The molecule has 20 heavy (non-hydrogen) atoms. The van der Waals surface area contributed by atoms with Crippen molar-refractivity contribution >= 4 is 5.82 Å². The number of nitrogens with zero attached hydrogens (tertiary/aromatic N) is 2. The van der Waals surface area contributed by atoms with E-state index in [4.69, 9.17) is 22.0 Å². The van der Waals surface area contributed by atoms with Crippen LogP contribution in [0.1, 0.15) is 11.8 Å². The molecule has 1 aromatic heterocycles. The van der Waals surface area contributed by atoms with Crippen molar-refractivity contribution in [2.75, 3.05) is 12.3 Å². The largest absolute Gasteiger partial charge is 0.394 e. The molecule has 8 heteroatoms. The second-order valence-corrected chi connectivity index (χ2v) is 4.14. The predicted molar refractivity (Wildman–Crippen MR) is 67.0 cm³/mol. The molecule has 1 aliphatic heterocycles. The fourth-order valence-corrected chi connectivity index (χ4v) is 1.93. The van der Waals surface area contributed by atoms with Crippen molar-refractivity contribution in [3.05, 3.63) is 34.1 Å². The van der Waals surface area contributed by atoms with Crippen LogP contribution in [0.2, 0.25) is 0 Å². The minimum absolute atomic E-state index is 0.128. The number of halogens is 1. The zero-order valence-corrected chi connectivity index (χ0v) is 10.2. The number of rotatable bonds is 2. The van der Waals surface area contributed by atoms with Gasteiger partial charge in [-0.05, 0) is 0 Å². The summed E-state index contributed by atoms with van der Waals surface area (Å²) in [6, 6.07) is 0. The SMILES string of the molecule is C#Cc1cn(C2OC(CO)C(O)C2=CF)c(=O)nc1N. The lowest BCUT2D eigenvalue weighted by Crippen LogP contribution is -2.29. The maximum absolute atomic E-state index is 12.9. The van der Waals surface area contributed by atoms with Crippen LogP contribution >= 0.6 is 0 Å². The lowest BCUT2D eigenvalue weighted by atomic mass is 10.1. The van der Waals surface area contributed by atoms with E-state index in [1.165, 1.54) is 6.20 Å². The van der Waals surface area contributed by atoms with Crippen molar-refractivity contribution in [2.24, 2.45) is 0 Å². The zero-order valence-electron chi connectivity index (χ0n) is 10.2. The molecule has 3 atom stereocenters. The smallest absolute Gasteiger partial charge is 0.351 e. The van der Waals surface area contributed by atoms with Gasteiger partial charge in [-0.1, -0.05) is 5.92 Å². The fourth-order valence-electron chi connectivity index (χ4n) is 1.93. The topological polar surface area (TPSA) is 111 Å². The number of terminal acetylenes is 1. The first kappa shape index (κ1) is 14.2. The number of nitrogen functional groups attached to an aromatic ring is 1. The van der Waals surface area contributed by atoms with Crippen molar-refractivity contribution in [1.82, 2.24) is 9.55 Å². The van der Waals surface area contributed by atoms with Crippen LogP contribution in [0, 0.1) is 12.3 Å². The Balaban J connectivity index is 2.52. The highest BCUT2D eigenvalue weighted by atomic mass is 19.1. The molecule has 0 aromatic carbocycles. The highest BCUT2D eigenvalue weighted by Gasteiger charge is 2.40. The molecule has 2 heterocycles. The number of hydrogen-bond donors (Lipinski definition) is 3. The summed E-state index contributed by atoms with van der Waals surface area (Å²) >= 11 is 0. The Labute approximate surface area is 113 Å². The number of aliphatic hydroxyl groups is 2. The molecule has 2 rings (SSSR count). The van der Waals surface area contributed by atoms with Crippen LogP contribution in [0.25, 0.3) is 0 Å². The van der Waals surface area contributed by atoms with E-state index in [-0.39, 0.29) is 23.3 Å². The van der Waals surface area contributed by atoms with E-state index in [2.05, 4.69) is 10.9 Å². The van der Waals surface area contributed by atoms with E-state index in [0.717, 1.165) is 4.57 Å².